The van der Waals surface area contributed by atoms with Gasteiger partial charge in [-0.2, -0.15) is 5.10 Å². The highest BCUT2D eigenvalue weighted by Gasteiger charge is 2.20. The van der Waals surface area contributed by atoms with Gasteiger partial charge in [0.1, 0.15) is 0 Å². The van der Waals surface area contributed by atoms with Gasteiger partial charge in [0, 0.05) is 30.5 Å². The van der Waals surface area contributed by atoms with Crippen LogP contribution in [0.2, 0.25) is 0 Å². The molecule has 0 saturated carbocycles. The Kier molecular flexibility index (Phi) is 4.53. The molecule has 0 unspecified atom stereocenters. The third-order valence-electron chi connectivity index (χ3n) is 4.11. The summed E-state index contributed by atoms with van der Waals surface area (Å²) >= 11 is 0. The Morgan fingerprint density at radius 2 is 2.23 bits per heavy atom. The summed E-state index contributed by atoms with van der Waals surface area (Å²) in [6.45, 7) is 2.65. The first-order valence-electron chi connectivity index (χ1n) is 7.77. The topological polar surface area (TPSA) is 50.2 Å². The zero-order valence-electron chi connectivity index (χ0n) is 12.9. The predicted molar refractivity (Wildman–Crippen MR) is 85.8 cm³/mol. The second-order valence-electron chi connectivity index (χ2n) is 5.94. The lowest BCUT2D eigenvalue weighted by Crippen LogP contribution is -2.46. The molecule has 1 aliphatic heterocycles. The van der Waals surface area contributed by atoms with E-state index in [9.17, 15) is 4.79 Å². The first-order valence-corrected chi connectivity index (χ1v) is 7.77. The Balaban J connectivity index is 1.72. The molecule has 22 heavy (non-hydrogen) atoms. The number of aromatic nitrogens is 2. The summed E-state index contributed by atoms with van der Waals surface area (Å²) in [4.78, 5) is 14.9. The highest BCUT2D eigenvalue weighted by atomic mass is 16.1. The zero-order chi connectivity index (χ0) is 15.4. The summed E-state index contributed by atoms with van der Waals surface area (Å²) in [6, 6.07) is 9.88. The van der Waals surface area contributed by atoms with Gasteiger partial charge in [-0.1, -0.05) is 18.2 Å². The maximum absolute atomic E-state index is 12.6. The summed E-state index contributed by atoms with van der Waals surface area (Å²) in [6.07, 6.45) is 5.85. The molecule has 0 aliphatic carbocycles. The number of benzene rings is 1. The molecule has 1 aromatic carbocycles. The van der Waals surface area contributed by atoms with Crippen LogP contribution in [-0.2, 0) is 6.54 Å². The lowest BCUT2D eigenvalue weighted by molar-refractivity contribution is 0.0911. The molecule has 2 heterocycles. The summed E-state index contributed by atoms with van der Waals surface area (Å²) in [5.74, 6) is 0.0167. The van der Waals surface area contributed by atoms with Gasteiger partial charge < -0.3 is 10.2 Å². The number of likely N-dealkylation sites (tertiary alicyclic amines) is 1. The van der Waals surface area contributed by atoms with Crippen molar-refractivity contribution in [3.05, 3.63) is 53.9 Å². The third-order valence-corrected chi connectivity index (χ3v) is 4.11. The number of carbonyl (C=O) groups excluding carboxylic acids is 1. The maximum atomic E-state index is 12.6. The second kappa shape index (κ2) is 6.75. The van der Waals surface area contributed by atoms with Crippen LogP contribution in [0.4, 0.5) is 0 Å². The van der Waals surface area contributed by atoms with Crippen LogP contribution < -0.4 is 5.32 Å². The van der Waals surface area contributed by atoms with Gasteiger partial charge in [-0.05, 0) is 44.1 Å². The van der Waals surface area contributed by atoms with E-state index in [0.717, 1.165) is 37.1 Å². The molecule has 0 radical (unpaired) electrons. The molecule has 0 bridgehead atoms. The normalized spacial score (nSPS) is 19.0. The van der Waals surface area contributed by atoms with Crippen molar-refractivity contribution < 1.29 is 4.79 Å². The highest BCUT2D eigenvalue weighted by molar-refractivity contribution is 5.95. The first kappa shape index (κ1) is 14.8. The lowest BCUT2D eigenvalue weighted by Gasteiger charge is -2.30. The molecule has 0 spiro atoms. The van der Waals surface area contributed by atoms with Gasteiger partial charge in [0.2, 0.25) is 0 Å². The molecule has 116 valence electrons. The van der Waals surface area contributed by atoms with E-state index in [0.29, 0.717) is 6.54 Å². The van der Waals surface area contributed by atoms with Crippen molar-refractivity contribution >= 4 is 5.91 Å². The van der Waals surface area contributed by atoms with Crippen molar-refractivity contribution in [2.75, 3.05) is 20.1 Å². The van der Waals surface area contributed by atoms with Crippen molar-refractivity contribution in [3.63, 3.8) is 0 Å². The van der Waals surface area contributed by atoms with Gasteiger partial charge in [-0.15, -0.1) is 0 Å². The number of carbonyl (C=O) groups is 1. The standard InChI is InChI=1S/C17H22N4O/c1-20-10-4-7-15(13-20)19-17(22)16-8-3-2-6-14(16)12-21-11-5-9-18-21/h2-3,5-6,8-9,11,15H,4,7,10,12-13H2,1H3,(H,19,22)/t15-/m0/s1. The van der Waals surface area contributed by atoms with E-state index in [4.69, 9.17) is 0 Å². The van der Waals surface area contributed by atoms with Gasteiger partial charge in [0.15, 0.2) is 0 Å². The molecule has 1 aromatic heterocycles. The Morgan fingerprint density at radius 1 is 1.36 bits per heavy atom. The Hall–Kier alpha value is -2.14. The van der Waals surface area contributed by atoms with Crippen LogP contribution in [0.1, 0.15) is 28.8 Å². The fourth-order valence-electron chi connectivity index (χ4n) is 3.00. The van der Waals surface area contributed by atoms with Crippen LogP contribution in [0.25, 0.3) is 0 Å². The monoisotopic (exact) mass is 298 g/mol. The molecule has 5 nitrogen and oxygen atoms in total. The highest BCUT2D eigenvalue weighted by Crippen LogP contribution is 2.13. The Morgan fingerprint density at radius 3 is 3.00 bits per heavy atom. The molecule has 2 aromatic rings. The average molecular weight is 298 g/mol. The average Bonchev–Trinajstić information content (AvgIpc) is 3.01. The van der Waals surface area contributed by atoms with Crippen molar-refractivity contribution in [1.29, 1.82) is 0 Å². The first-order chi connectivity index (χ1) is 10.7. The Bertz CT molecular complexity index is 623. The number of piperidine rings is 1. The lowest BCUT2D eigenvalue weighted by atomic mass is 10.0. The molecule has 1 aliphatic rings. The summed E-state index contributed by atoms with van der Waals surface area (Å²) in [5, 5.41) is 7.39. The van der Waals surface area contributed by atoms with E-state index in [1.807, 2.05) is 41.2 Å². The largest absolute Gasteiger partial charge is 0.348 e. The minimum absolute atomic E-state index is 0.0167. The van der Waals surface area contributed by atoms with E-state index in [1.165, 1.54) is 0 Å². The Labute approximate surface area is 130 Å². The van der Waals surface area contributed by atoms with Gasteiger partial charge in [-0.3, -0.25) is 9.48 Å². The maximum Gasteiger partial charge on any atom is 0.251 e. The molecule has 1 amide bonds. The van der Waals surface area contributed by atoms with Crippen molar-refractivity contribution in [2.45, 2.75) is 25.4 Å². The van der Waals surface area contributed by atoms with Crippen LogP contribution in [0.3, 0.4) is 0 Å². The predicted octanol–water partition coefficient (Wildman–Crippen LogP) is 1.76. The SMILES string of the molecule is CN1CCC[C@H](NC(=O)c2ccccc2Cn2cccn2)C1. The van der Waals surface area contributed by atoms with Crippen molar-refractivity contribution in [1.82, 2.24) is 20.0 Å². The van der Waals surface area contributed by atoms with Gasteiger partial charge in [0.05, 0.1) is 6.54 Å². The van der Waals surface area contributed by atoms with Crippen molar-refractivity contribution in [3.8, 4) is 0 Å². The van der Waals surface area contributed by atoms with E-state index >= 15 is 0 Å². The number of hydrogen-bond acceptors (Lipinski definition) is 3. The van der Waals surface area contributed by atoms with Gasteiger partial charge in [-0.25, -0.2) is 0 Å². The number of nitrogens with one attached hydrogen (secondary N) is 1. The second-order valence-corrected chi connectivity index (χ2v) is 5.94. The van der Waals surface area contributed by atoms with Crippen LogP contribution in [0, 0.1) is 0 Å². The molecule has 5 heteroatoms. The van der Waals surface area contributed by atoms with Crippen LogP contribution in [0.15, 0.2) is 42.7 Å². The van der Waals surface area contributed by atoms with Gasteiger partial charge in [0.25, 0.3) is 5.91 Å². The summed E-state index contributed by atoms with van der Waals surface area (Å²) in [7, 11) is 2.10. The van der Waals surface area contributed by atoms with E-state index < -0.39 is 0 Å². The molecule has 1 N–H and O–H groups in total. The van der Waals surface area contributed by atoms with E-state index in [1.54, 1.807) is 6.20 Å². The minimum Gasteiger partial charge on any atom is -0.348 e. The number of likely N-dealkylation sites (N-methyl/N-ethyl adjacent to an activating group) is 1. The third kappa shape index (κ3) is 3.54. The fourth-order valence-corrected chi connectivity index (χ4v) is 3.00. The molecule has 1 fully saturated rings. The molecule has 3 rings (SSSR count). The molecular weight excluding hydrogens is 276 g/mol. The molecule has 1 saturated heterocycles. The van der Waals surface area contributed by atoms with Crippen molar-refractivity contribution in [2.24, 2.45) is 0 Å². The molecular formula is C17H22N4O. The number of hydrogen-bond donors (Lipinski definition) is 1. The smallest absolute Gasteiger partial charge is 0.251 e. The fraction of sp³-hybridized carbons (Fsp3) is 0.412. The van der Waals surface area contributed by atoms with Gasteiger partial charge >= 0.3 is 0 Å². The number of nitrogens with zero attached hydrogens (tertiary/aromatic N) is 3. The zero-order valence-corrected chi connectivity index (χ0v) is 12.9. The van der Waals surface area contributed by atoms with E-state index in [-0.39, 0.29) is 11.9 Å². The summed E-state index contributed by atoms with van der Waals surface area (Å²) in [5.41, 5.74) is 1.74. The quantitative estimate of drug-likeness (QED) is 0.935. The summed E-state index contributed by atoms with van der Waals surface area (Å²) < 4.78 is 1.83. The van der Waals surface area contributed by atoms with Crippen LogP contribution >= 0.6 is 0 Å². The minimum atomic E-state index is 0.0167. The van der Waals surface area contributed by atoms with Crippen LogP contribution in [0.5, 0.6) is 0 Å². The number of rotatable bonds is 4. The molecule has 1 atom stereocenters. The van der Waals surface area contributed by atoms with Crippen LogP contribution in [-0.4, -0.2) is 46.8 Å². The number of amides is 1. The van der Waals surface area contributed by atoms with E-state index in [2.05, 4.69) is 22.4 Å².